The van der Waals surface area contributed by atoms with Crippen molar-refractivity contribution >= 4 is 21.6 Å². The average Bonchev–Trinajstić information content (AvgIpc) is 2.99. The molecule has 0 saturated carbocycles. The van der Waals surface area contributed by atoms with Crippen LogP contribution in [0, 0.1) is 11.8 Å². The Morgan fingerprint density at radius 2 is 1.46 bits per heavy atom. The predicted molar refractivity (Wildman–Crippen MR) is 91.8 cm³/mol. The van der Waals surface area contributed by atoms with Crippen LogP contribution in [0.4, 0.5) is 0 Å². The second kappa shape index (κ2) is 6.73. The lowest BCUT2D eigenvalue weighted by atomic mass is 10.0. The van der Waals surface area contributed by atoms with Gasteiger partial charge in [0.1, 0.15) is 5.69 Å². The van der Waals surface area contributed by atoms with E-state index in [1.807, 2.05) is 0 Å². The number of hydrogen-bond acceptors (Lipinski definition) is 4. The molecule has 0 atom stereocenters. The van der Waals surface area contributed by atoms with Gasteiger partial charge in [-0.3, -0.25) is 9.59 Å². The van der Waals surface area contributed by atoms with Crippen LogP contribution in [0.25, 0.3) is 0 Å². The van der Waals surface area contributed by atoms with E-state index in [0.29, 0.717) is 0 Å². The lowest BCUT2D eigenvalue weighted by Gasteiger charge is -2.11. The lowest BCUT2D eigenvalue weighted by molar-refractivity contribution is 0.0932. The first kappa shape index (κ1) is 18.1. The SMILES string of the molecule is CC(C)C(=O)c1cc(C(=O)C(C)C)n(S(=O)(=O)c2ccccc2)c1. The van der Waals surface area contributed by atoms with Crippen molar-refractivity contribution in [3.8, 4) is 0 Å². The number of nitrogens with zero attached hydrogens (tertiary/aromatic N) is 1. The zero-order valence-corrected chi connectivity index (χ0v) is 15.0. The van der Waals surface area contributed by atoms with E-state index in [-0.39, 0.29) is 39.6 Å². The van der Waals surface area contributed by atoms with Crippen molar-refractivity contribution in [2.75, 3.05) is 0 Å². The number of benzene rings is 1. The van der Waals surface area contributed by atoms with Crippen molar-refractivity contribution in [3.05, 3.63) is 53.9 Å². The van der Waals surface area contributed by atoms with Crippen molar-refractivity contribution in [3.63, 3.8) is 0 Å². The number of aromatic nitrogens is 1. The predicted octanol–water partition coefficient (Wildman–Crippen LogP) is 3.40. The van der Waals surface area contributed by atoms with E-state index in [2.05, 4.69) is 0 Å². The molecular formula is C18H21NO4S. The molecule has 0 N–H and O–H groups in total. The standard InChI is InChI=1S/C18H21NO4S/c1-12(2)17(20)14-10-16(18(21)13(3)4)19(11-14)24(22,23)15-8-6-5-7-9-15/h5-13H,1-4H3. The molecule has 6 heteroatoms. The molecule has 2 rings (SSSR count). The van der Waals surface area contributed by atoms with Crippen molar-refractivity contribution < 1.29 is 18.0 Å². The quantitative estimate of drug-likeness (QED) is 0.751. The van der Waals surface area contributed by atoms with Gasteiger partial charge in [0.25, 0.3) is 10.0 Å². The van der Waals surface area contributed by atoms with Crippen molar-refractivity contribution in [1.82, 2.24) is 3.97 Å². The maximum Gasteiger partial charge on any atom is 0.268 e. The third-order valence-electron chi connectivity index (χ3n) is 3.67. The van der Waals surface area contributed by atoms with Crippen LogP contribution in [0.5, 0.6) is 0 Å². The summed E-state index contributed by atoms with van der Waals surface area (Å²) >= 11 is 0. The molecule has 0 unspecified atom stereocenters. The normalized spacial score (nSPS) is 11.9. The molecule has 0 aliphatic heterocycles. The highest BCUT2D eigenvalue weighted by Gasteiger charge is 2.27. The minimum atomic E-state index is -3.94. The van der Waals surface area contributed by atoms with Crippen molar-refractivity contribution in [2.45, 2.75) is 32.6 Å². The molecule has 2 aromatic rings. The average molecular weight is 347 g/mol. The number of carbonyl (C=O) groups excluding carboxylic acids is 2. The van der Waals surface area contributed by atoms with Crippen LogP contribution in [0.2, 0.25) is 0 Å². The van der Waals surface area contributed by atoms with Gasteiger partial charge < -0.3 is 0 Å². The molecule has 0 aliphatic carbocycles. The maximum atomic E-state index is 12.9. The summed E-state index contributed by atoms with van der Waals surface area (Å²) in [4.78, 5) is 24.8. The first-order valence-electron chi connectivity index (χ1n) is 7.77. The highest BCUT2D eigenvalue weighted by Crippen LogP contribution is 2.22. The summed E-state index contributed by atoms with van der Waals surface area (Å²) in [5.41, 5.74) is 0.242. The van der Waals surface area contributed by atoms with E-state index >= 15 is 0 Å². The number of Topliss-reactive ketones (excluding diaryl/α,β-unsaturated/α-hetero) is 2. The highest BCUT2D eigenvalue weighted by atomic mass is 32.2. The van der Waals surface area contributed by atoms with E-state index in [4.69, 9.17) is 0 Å². The van der Waals surface area contributed by atoms with Gasteiger partial charge in [0.2, 0.25) is 0 Å². The lowest BCUT2D eigenvalue weighted by Crippen LogP contribution is -2.20. The summed E-state index contributed by atoms with van der Waals surface area (Å²) in [6.07, 6.45) is 1.25. The van der Waals surface area contributed by atoms with Gasteiger partial charge in [-0.1, -0.05) is 45.9 Å². The summed E-state index contributed by atoms with van der Waals surface area (Å²) < 4.78 is 26.7. The first-order valence-corrected chi connectivity index (χ1v) is 9.21. The Bertz CT molecular complexity index is 862. The smallest absolute Gasteiger partial charge is 0.268 e. The molecule has 24 heavy (non-hydrogen) atoms. The van der Waals surface area contributed by atoms with E-state index in [1.165, 1.54) is 24.4 Å². The molecule has 0 amide bonds. The number of rotatable bonds is 6. The molecule has 0 bridgehead atoms. The topological polar surface area (TPSA) is 73.2 Å². The number of carbonyl (C=O) groups is 2. The van der Waals surface area contributed by atoms with Crippen molar-refractivity contribution in [2.24, 2.45) is 11.8 Å². The monoisotopic (exact) mass is 347 g/mol. The van der Waals surface area contributed by atoms with Crippen LogP contribution in [0.3, 0.4) is 0 Å². The van der Waals surface area contributed by atoms with Crippen molar-refractivity contribution in [1.29, 1.82) is 0 Å². The summed E-state index contributed by atoms with van der Waals surface area (Å²) in [5, 5.41) is 0. The number of hydrogen-bond donors (Lipinski definition) is 0. The van der Waals surface area contributed by atoms with Gasteiger partial charge in [0.05, 0.1) is 4.90 Å². The Labute approximate surface area is 142 Å². The second-order valence-electron chi connectivity index (χ2n) is 6.27. The molecule has 0 saturated heterocycles. The summed E-state index contributed by atoms with van der Waals surface area (Å²) in [5.74, 6) is -1.19. The molecule has 0 aliphatic rings. The minimum absolute atomic E-state index is 0.0119. The molecule has 128 valence electrons. The van der Waals surface area contributed by atoms with Crippen LogP contribution in [-0.4, -0.2) is 24.0 Å². The first-order chi connectivity index (χ1) is 11.2. The molecular weight excluding hydrogens is 326 g/mol. The van der Waals surface area contributed by atoms with E-state index in [0.717, 1.165) is 3.97 Å². The van der Waals surface area contributed by atoms with Crippen LogP contribution in [-0.2, 0) is 10.0 Å². The Kier molecular flexibility index (Phi) is 5.08. The summed E-state index contributed by atoms with van der Waals surface area (Å²) in [6.45, 7) is 6.85. The van der Waals surface area contributed by atoms with Crippen LogP contribution in [0.1, 0.15) is 48.5 Å². The van der Waals surface area contributed by atoms with Gasteiger partial charge in [0.15, 0.2) is 11.6 Å². The largest absolute Gasteiger partial charge is 0.294 e. The van der Waals surface area contributed by atoms with Crippen LogP contribution >= 0.6 is 0 Å². The fraction of sp³-hybridized carbons (Fsp3) is 0.333. The van der Waals surface area contributed by atoms with Gasteiger partial charge in [-0.2, -0.15) is 0 Å². The van der Waals surface area contributed by atoms with Gasteiger partial charge in [-0.05, 0) is 18.2 Å². The molecule has 0 radical (unpaired) electrons. The van der Waals surface area contributed by atoms with Gasteiger partial charge in [-0.15, -0.1) is 0 Å². The summed E-state index contributed by atoms with van der Waals surface area (Å²) in [7, 11) is -3.94. The molecule has 5 nitrogen and oxygen atoms in total. The van der Waals surface area contributed by atoms with E-state index < -0.39 is 10.0 Å². The molecule has 0 fully saturated rings. The van der Waals surface area contributed by atoms with E-state index in [1.54, 1.807) is 45.9 Å². The Morgan fingerprint density at radius 1 is 0.917 bits per heavy atom. The Balaban J connectivity index is 2.68. The molecule has 1 heterocycles. The fourth-order valence-electron chi connectivity index (χ4n) is 2.29. The second-order valence-corrected chi connectivity index (χ2v) is 8.08. The van der Waals surface area contributed by atoms with E-state index in [9.17, 15) is 18.0 Å². The third kappa shape index (κ3) is 3.33. The van der Waals surface area contributed by atoms with Crippen LogP contribution < -0.4 is 0 Å². The molecule has 0 spiro atoms. The molecule has 1 aromatic carbocycles. The summed E-state index contributed by atoms with van der Waals surface area (Å²) in [6, 6.07) is 9.24. The van der Waals surface area contributed by atoms with Gasteiger partial charge in [0, 0.05) is 23.6 Å². The Morgan fingerprint density at radius 3 is 1.96 bits per heavy atom. The fourth-order valence-corrected chi connectivity index (χ4v) is 3.67. The Hall–Kier alpha value is -2.21. The van der Waals surface area contributed by atoms with Crippen LogP contribution in [0.15, 0.2) is 47.5 Å². The zero-order valence-electron chi connectivity index (χ0n) is 14.2. The minimum Gasteiger partial charge on any atom is -0.294 e. The van der Waals surface area contributed by atoms with Gasteiger partial charge in [-0.25, -0.2) is 12.4 Å². The zero-order chi connectivity index (χ0) is 18.1. The molecule has 1 aromatic heterocycles. The van der Waals surface area contributed by atoms with Gasteiger partial charge >= 0.3 is 0 Å². The number of ketones is 2. The maximum absolute atomic E-state index is 12.9. The highest BCUT2D eigenvalue weighted by molar-refractivity contribution is 7.90. The third-order valence-corrected chi connectivity index (χ3v) is 5.36.